The number of hydrogen-bond acceptors (Lipinski definition) is 2. The van der Waals surface area contributed by atoms with Crippen LogP contribution in [0.25, 0.3) is 11.0 Å². The first-order chi connectivity index (χ1) is 5.81. The van der Waals surface area contributed by atoms with E-state index >= 15 is 0 Å². The third-order valence-corrected chi connectivity index (χ3v) is 1.88. The summed E-state index contributed by atoms with van der Waals surface area (Å²) in [6.07, 6.45) is 0.891. The molecule has 0 amide bonds. The maximum absolute atomic E-state index is 10.9. The topological polar surface area (TPSA) is 61.5 Å². The Labute approximate surface area is 68.6 Å². The number of hydrogen-bond donors (Lipinski definition) is 2. The summed E-state index contributed by atoms with van der Waals surface area (Å²) in [6, 6.07) is 3.30. The van der Waals surface area contributed by atoms with Gasteiger partial charge < -0.3 is 4.98 Å². The van der Waals surface area contributed by atoms with Crippen LogP contribution in [0.4, 0.5) is 0 Å². The first-order valence-corrected chi connectivity index (χ1v) is 3.87. The SMILES string of the molecule is CCc1[nH]nc2[nH]c(=O)ccc12. The molecule has 12 heavy (non-hydrogen) atoms. The van der Waals surface area contributed by atoms with Gasteiger partial charge in [-0.25, -0.2) is 0 Å². The molecule has 2 aromatic heterocycles. The van der Waals surface area contributed by atoms with Crippen molar-refractivity contribution in [3.05, 3.63) is 28.2 Å². The van der Waals surface area contributed by atoms with Gasteiger partial charge >= 0.3 is 0 Å². The van der Waals surface area contributed by atoms with E-state index in [1.807, 2.05) is 6.92 Å². The zero-order chi connectivity index (χ0) is 8.55. The molecule has 2 rings (SSSR count). The minimum Gasteiger partial charge on any atom is -0.305 e. The molecule has 0 saturated carbocycles. The summed E-state index contributed by atoms with van der Waals surface area (Å²) in [5.74, 6) is 0. The number of pyridine rings is 1. The fraction of sp³-hybridized carbons (Fsp3) is 0.250. The second-order valence-electron chi connectivity index (χ2n) is 2.64. The third-order valence-electron chi connectivity index (χ3n) is 1.88. The fourth-order valence-electron chi connectivity index (χ4n) is 1.25. The molecular formula is C8H9N3O. The molecule has 0 aliphatic rings. The van der Waals surface area contributed by atoms with E-state index in [0.717, 1.165) is 17.5 Å². The maximum atomic E-state index is 10.9. The Hall–Kier alpha value is -1.58. The van der Waals surface area contributed by atoms with Gasteiger partial charge in [-0.3, -0.25) is 9.89 Å². The summed E-state index contributed by atoms with van der Waals surface area (Å²) in [5, 5.41) is 7.84. The average molecular weight is 163 g/mol. The van der Waals surface area contributed by atoms with E-state index < -0.39 is 0 Å². The normalized spacial score (nSPS) is 10.8. The number of fused-ring (bicyclic) bond motifs is 1. The van der Waals surface area contributed by atoms with Crippen molar-refractivity contribution < 1.29 is 0 Å². The van der Waals surface area contributed by atoms with E-state index in [0.29, 0.717) is 5.65 Å². The molecule has 0 aliphatic heterocycles. The lowest BCUT2D eigenvalue weighted by atomic mass is 10.2. The summed E-state index contributed by atoms with van der Waals surface area (Å²) in [7, 11) is 0. The van der Waals surface area contributed by atoms with Gasteiger partial charge in [0, 0.05) is 17.1 Å². The lowest BCUT2D eigenvalue weighted by Gasteiger charge is -1.89. The smallest absolute Gasteiger partial charge is 0.249 e. The highest BCUT2D eigenvalue weighted by Crippen LogP contribution is 2.10. The van der Waals surface area contributed by atoms with Gasteiger partial charge in [-0.2, -0.15) is 5.10 Å². The van der Waals surface area contributed by atoms with Crippen LogP contribution >= 0.6 is 0 Å². The molecule has 4 heteroatoms. The molecule has 0 unspecified atom stereocenters. The number of nitrogens with one attached hydrogen (secondary N) is 2. The largest absolute Gasteiger partial charge is 0.305 e. The lowest BCUT2D eigenvalue weighted by Crippen LogP contribution is -2.01. The van der Waals surface area contributed by atoms with Crippen molar-refractivity contribution in [3.8, 4) is 0 Å². The Bertz CT molecular complexity index is 455. The summed E-state index contributed by atoms with van der Waals surface area (Å²) >= 11 is 0. The molecule has 0 fully saturated rings. The number of rotatable bonds is 1. The minimum atomic E-state index is -0.114. The fourth-order valence-corrected chi connectivity index (χ4v) is 1.25. The minimum absolute atomic E-state index is 0.114. The van der Waals surface area contributed by atoms with E-state index in [1.54, 1.807) is 6.07 Å². The molecule has 0 saturated heterocycles. The van der Waals surface area contributed by atoms with Gasteiger partial charge in [0.15, 0.2) is 5.65 Å². The lowest BCUT2D eigenvalue weighted by molar-refractivity contribution is 0.982. The van der Waals surface area contributed by atoms with E-state index in [9.17, 15) is 4.79 Å². The molecule has 62 valence electrons. The van der Waals surface area contributed by atoms with Crippen molar-refractivity contribution in [2.45, 2.75) is 13.3 Å². The van der Waals surface area contributed by atoms with E-state index in [-0.39, 0.29) is 5.56 Å². The van der Waals surface area contributed by atoms with Crippen LogP contribution in [0.3, 0.4) is 0 Å². The van der Waals surface area contributed by atoms with Gasteiger partial charge in [-0.1, -0.05) is 6.92 Å². The number of nitrogens with zero attached hydrogens (tertiary/aromatic N) is 1. The first-order valence-electron chi connectivity index (χ1n) is 3.87. The van der Waals surface area contributed by atoms with E-state index in [1.165, 1.54) is 6.07 Å². The van der Waals surface area contributed by atoms with Crippen LogP contribution in [0.1, 0.15) is 12.6 Å². The first kappa shape index (κ1) is 7.09. The zero-order valence-corrected chi connectivity index (χ0v) is 6.72. The van der Waals surface area contributed by atoms with Crippen molar-refractivity contribution in [2.24, 2.45) is 0 Å². The molecule has 0 radical (unpaired) electrons. The Morgan fingerprint density at radius 2 is 2.33 bits per heavy atom. The number of aromatic nitrogens is 3. The highest BCUT2D eigenvalue weighted by Gasteiger charge is 2.02. The van der Waals surface area contributed by atoms with Crippen LogP contribution in [-0.2, 0) is 6.42 Å². The molecule has 0 aromatic carbocycles. The van der Waals surface area contributed by atoms with Gasteiger partial charge in [0.05, 0.1) is 0 Å². The van der Waals surface area contributed by atoms with Gasteiger partial charge in [-0.15, -0.1) is 0 Å². The highest BCUT2D eigenvalue weighted by molar-refractivity contribution is 5.77. The summed E-state index contributed by atoms with van der Waals surface area (Å²) in [5.41, 5.74) is 1.58. The predicted octanol–water partition coefficient (Wildman–Crippen LogP) is 0.814. The predicted molar refractivity (Wildman–Crippen MR) is 46.1 cm³/mol. The number of H-pyrrole nitrogens is 2. The second-order valence-corrected chi connectivity index (χ2v) is 2.64. The van der Waals surface area contributed by atoms with Crippen molar-refractivity contribution in [1.82, 2.24) is 15.2 Å². The number of aryl methyl sites for hydroxylation is 1. The molecule has 0 atom stereocenters. The Morgan fingerprint density at radius 1 is 1.50 bits per heavy atom. The Balaban J connectivity index is 2.81. The highest BCUT2D eigenvalue weighted by atomic mass is 16.1. The van der Waals surface area contributed by atoms with Gasteiger partial charge in [0.1, 0.15) is 0 Å². The van der Waals surface area contributed by atoms with Gasteiger partial charge in [0.2, 0.25) is 5.56 Å². The van der Waals surface area contributed by atoms with Crippen molar-refractivity contribution in [3.63, 3.8) is 0 Å². The van der Waals surface area contributed by atoms with Crippen molar-refractivity contribution in [2.75, 3.05) is 0 Å². The molecule has 4 nitrogen and oxygen atoms in total. The zero-order valence-electron chi connectivity index (χ0n) is 6.72. The van der Waals surface area contributed by atoms with Crippen molar-refractivity contribution >= 4 is 11.0 Å². The second kappa shape index (κ2) is 2.48. The molecule has 2 heterocycles. The van der Waals surface area contributed by atoms with Crippen molar-refractivity contribution in [1.29, 1.82) is 0 Å². The van der Waals surface area contributed by atoms with E-state index in [4.69, 9.17) is 0 Å². The standard InChI is InChI=1S/C8H9N3O/c1-2-6-5-3-4-7(12)9-8(5)11-10-6/h3-4H,2H2,1H3,(H2,9,10,11,12). The third kappa shape index (κ3) is 0.922. The summed E-state index contributed by atoms with van der Waals surface area (Å²) in [6.45, 7) is 2.04. The van der Waals surface area contributed by atoms with Crippen LogP contribution in [0.2, 0.25) is 0 Å². The van der Waals surface area contributed by atoms with Crippen LogP contribution in [0.15, 0.2) is 16.9 Å². The summed E-state index contributed by atoms with van der Waals surface area (Å²) in [4.78, 5) is 13.5. The van der Waals surface area contributed by atoms with E-state index in [2.05, 4.69) is 15.2 Å². The van der Waals surface area contributed by atoms with Crippen LogP contribution in [0, 0.1) is 0 Å². The average Bonchev–Trinajstić information content (AvgIpc) is 2.46. The maximum Gasteiger partial charge on any atom is 0.249 e. The van der Waals surface area contributed by atoms with Crippen LogP contribution in [-0.4, -0.2) is 15.2 Å². The Kier molecular flexibility index (Phi) is 1.46. The molecule has 2 aromatic rings. The Morgan fingerprint density at radius 3 is 3.08 bits per heavy atom. The van der Waals surface area contributed by atoms with Crippen LogP contribution in [0.5, 0.6) is 0 Å². The van der Waals surface area contributed by atoms with Gasteiger partial charge in [-0.05, 0) is 12.5 Å². The molecule has 2 N–H and O–H groups in total. The monoisotopic (exact) mass is 163 g/mol. The molecule has 0 bridgehead atoms. The number of aromatic amines is 2. The summed E-state index contributed by atoms with van der Waals surface area (Å²) < 4.78 is 0. The van der Waals surface area contributed by atoms with Gasteiger partial charge in [0.25, 0.3) is 0 Å². The van der Waals surface area contributed by atoms with Crippen LogP contribution < -0.4 is 5.56 Å². The molecular weight excluding hydrogens is 154 g/mol. The molecule has 0 aliphatic carbocycles. The molecule has 0 spiro atoms. The quantitative estimate of drug-likeness (QED) is 0.653.